The molecule has 0 amide bonds. The van der Waals surface area contributed by atoms with Crippen LogP contribution in [-0.4, -0.2) is 0 Å². The molecule has 0 bridgehead atoms. The van der Waals surface area contributed by atoms with Crippen molar-refractivity contribution in [3.05, 3.63) is 24.3 Å². The van der Waals surface area contributed by atoms with Gasteiger partial charge < -0.3 is 0 Å². The molecule has 0 aromatic rings. The third-order valence-corrected chi connectivity index (χ3v) is 3.31. The van der Waals surface area contributed by atoms with Crippen molar-refractivity contribution in [3.63, 3.8) is 0 Å². The van der Waals surface area contributed by atoms with Crippen molar-refractivity contribution in [1.82, 2.24) is 0 Å². The normalized spacial score (nSPS) is 39.4. The van der Waals surface area contributed by atoms with Gasteiger partial charge in [-0.25, -0.2) is 0 Å². The van der Waals surface area contributed by atoms with Gasteiger partial charge in [-0.3, -0.25) is 0 Å². The first-order valence-electron chi connectivity index (χ1n) is 5.77. The highest BCUT2D eigenvalue weighted by Gasteiger charge is 2.34. The molecule has 0 heteroatoms. The molecule has 0 saturated heterocycles. The minimum absolute atomic E-state index is 1.08. The van der Waals surface area contributed by atoms with Crippen LogP contribution in [0.2, 0.25) is 0 Å². The molecule has 1 saturated carbocycles. The molecular formula is C13H20. The monoisotopic (exact) mass is 176 g/mol. The largest absolute Gasteiger partial charge is 0.0885 e. The van der Waals surface area contributed by atoms with Crippen molar-refractivity contribution in [3.8, 4) is 0 Å². The Kier molecular flexibility index (Phi) is 3.23. The van der Waals surface area contributed by atoms with Crippen LogP contribution < -0.4 is 0 Å². The molecule has 2 aliphatic carbocycles. The molecule has 0 radical (unpaired) electrons. The van der Waals surface area contributed by atoms with Crippen LogP contribution >= 0.6 is 0 Å². The van der Waals surface area contributed by atoms with E-state index >= 15 is 0 Å². The summed E-state index contributed by atoms with van der Waals surface area (Å²) < 4.78 is 0. The summed E-state index contributed by atoms with van der Waals surface area (Å²) in [6.45, 7) is 0. The summed E-state index contributed by atoms with van der Waals surface area (Å²) >= 11 is 0. The number of hydrogen-bond donors (Lipinski definition) is 0. The van der Waals surface area contributed by atoms with Gasteiger partial charge in [-0.05, 0) is 56.8 Å². The van der Waals surface area contributed by atoms with E-state index in [0.717, 1.165) is 11.8 Å². The molecule has 0 aromatic heterocycles. The van der Waals surface area contributed by atoms with Crippen LogP contribution in [-0.2, 0) is 0 Å². The minimum Gasteiger partial charge on any atom is -0.0885 e. The number of fused-ring (bicyclic) bond motifs is 1. The maximum Gasteiger partial charge on any atom is -0.0316 e. The fourth-order valence-electron chi connectivity index (χ4n) is 2.30. The van der Waals surface area contributed by atoms with Crippen molar-refractivity contribution < 1.29 is 0 Å². The topological polar surface area (TPSA) is 0 Å². The van der Waals surface area contributed by atoms with Crippen LogP contribution in [0.25, 0.3) is 0 Å². The summed E-state index contributed by atoms with van der Waals surface area (Å²) in [6, 6.07) is 0. The first-order valence-corrected chi connectivity index (χ1v) is 5.77. The maximum absolute atomic E-state index is 2.38. The van der Waals surface area contributed by atoms with Gasteiger partial charge in [0, 0.05) is 0 Å². The van der Waals surface area contributed by atoms with Gasteiger partial charge in [-0.2, -0.15) is 0 Å². The highest BCUT2D eigenvalue weighted by Crippen LogP contribution is 2.45. The molecule has 0 unspecified atom stereocenters. The lowest BCUT2D eigenvalue weighted by atomic mass is 10.1. The SMILES string of the molecule is C1=C/CC[C@H]2C[C@@H]2CC/C=C/CC/1. The fourth-order valence-corrected chi connectivity index (χ4v) is 2.30. The van der Waals surface area contributed by atoms with E-state index in [-0.39, 0.29) is 0 Å². The Bertz CT molecular complexity index is 178. The van der Waals surface area contributed by atoms with Crippen LogP contribution in [0.4, 0.5) is 0 Å². The van der Waals surface area contributed by atoms with E-state index < -0.39 is 0 Å². The average molecular weight is 176 g/mol. The van der Waals surface area contributed by atoms with Crippen molar-refractivity contribution in [2.75, 3.05) is 0 Å². The Morgan fingerprint density at radius 2 is 1.08 bits per heavy atom. The molecule has 13 heavy (non-hydrogen) atoms. The molecular weight excluding hydrogens is 156 g/mol. The zero-order valence-corrected chi connectivity index (χ0v) is 8.41. The summed E-state index contributed by atoms with van der Waals surface area (Å²) in [5.74, 6) is 2.16. The molecule has 1 fully saturated rings. The summed E-state index contributed by atoms with van der Waals surface area (Å²) in [5.41, 5.74) is 0. The van der Waals surface area contributed by atoms with Gasteiger partial charge in [0.1, 0.15) is 0 Å². The van der Waals surface area contributed by atoms with Gasteiger partial charge in [-0.1, -0.05) is 24.3 Å². The summed E-state index contributed by atoms with van der Waals surface area (Å²) in [5, 5.41) is 0. The zero-order chi connectivity index (χ0) is 8.93. The van der Waals surface area contributed by atoms with Crippen molar-refractivity contribution in [1.29, 1.82) is 0 Å². The molecule has 0 spiro atoms. The Balaban J connectivity index is 1.80. The van der Waals surface area contributed by atoms with E-state index in [1.807, 2.05) is 0 Å². The lowest BCUT2D eigenvalue weighted by Crippen LogP contribution is -1.83. The summed E-state index contributed by atoms with van der Waals surface area (Å²) in [7, 11) is 0. The second-order valence-corrected chi connectivity index (χ2v) is 4.43. The Morgan fingerprint density at radius 3 is 1.62 bits per heavy atom. The standard InChI is InChI=1S/C13H20/c1-2-4-6-8-10-13-11-12(13)9-7-5-3-1/h3-6,12-13H,1-2,7-11H2/b5-3+,6-4+/t12-,13-/m0/s1. The first-order chi connectivity index (χ1) is 6.47. The molecule has 0 nitrogen and oxygen atoms in total. The highest BCUT2D eigenvalue weighted by atomic mass is 14.4. The van der Waals surface area contributed by atoms with E-state index in [0.29, 0.717) is 0 Å². The van der Waals surface area contributed by atoms with Gasteiger partial charge in [0.2, 0.25) is 0 Å². The maximum atomic E-state index is 2.38. The van der Waals surface area contributed by atoms with Gasteiger partial charge in [0.15, 0.2) is 0 Å². The summed E-state index contributed by atoms with van der Waals surface area (Å²) in [6.07, 6.45) is 19.0. The second-order valence-electron chi connectivity index (χ2n) is 4.43. The zero-order valence-electron chi connectivity index (χ0n) is 8.41. The first kappa shape index (κ1) is 9.05. The molecule has 2 aliphatic rings. The smallest absolute Gasteiger partial charge is 0.0316 e. The number of hydrogen-bond acceptors (Lipinski definition) is 0. The predicted octanol–water partition coefficient (Wildman–Crippen LogP) is 4.09. The van der Waals surface area contributed by atoms with E-state index in [1.54, 1.807) is 0 Å². The van der Waals surface area contributed by atoms with Crippen molar-refractivity contribution >= 4 is 0 Å². The Hall–Kier alpha value is -0.520. The van der Waals surface area contributed by atoms with Gasteiger partial charge >= 0.3 is 0 Å². The second kappa shape index (κ2) is 4.64. The Morgan fingerprint density at radius 1 is 0.615 bits per heavy atom. The van der Waals surface area contributed by atoms with Gasteiger partial charge in [-0.15, -0.1) is 0 Å². The third-order valence-electron chi connectivity index (χ3n) is 3.31. The molecule has 2 atom stereocenters. The summed E-state index contributed by atoms with van der Waals surface area (Å²) in [4.78, 5) is 0. The molecule has 0 N–H and O–H groups in total. The minimum atomic E-state index is 1.08. The average Bonchev–Trinajstić information content (AvgIpc) is 2.83. The van der Waals surface area contributed by atoms with E-state index in [9.17, 15) is 0 Å². The van der Waals surface area contributed by atoms with E-state index in [4.69, 9.17) is 0 Å². The molecule has 2 rings (SSSR count). The predicted molar refractivity (Wildman–Crippen MR) is 57.6 cm³/mol. The quantitative estimate of drug-likeness (QED) is 0.488. The Labute approximate surface area is 81.7 Å². The molecule has 0 aromatic carbocycles. The van der Waals surface area contributed by atoms with E-state index in [1.165, 1.54) is 44.9 Å². The van der Waals surface area contributed by atoms with Gasteiger partial charge in [0.25, 0.3) is 0 Å². The lowest BCUT2D eigenvalue weighted by molar-refractivity contribution is 0.616. The van der Waals surface area contributed by atoms with Crippen LogP contribution in [0.15, 0.2) is 24.3 Å². The highest BCUT2D eigenvalue weighted by molar-refractivity contribution is 4.94. The van der Waals surface area contributed by atoms with E-state index in [2.05, 4.69) is 24.3 Å². The lowest BCUT2D eigenvalue weighted by Gasteiger charge is -1.97. The third kappa shape index (κ3) is 3.02. The molecule has 0 heterocycles. The van der Waals surface area contributed by atoms with Crippen LogP contribution in [0.3, 0.4) is 0 Å². The number of allylic oxidation sites excluding steroid dienone is 4. The van der Waals surface area contributed by atoms with Crippen LogP contribution in [0, 0.1) is 11.8 Å². The number of rotatable bonds is 0. The molecule has 72 valence electrons. The van der Waals surface area contributed by atoms with Crippen LogP contribution in [0.1, 0.15) is 44.9 Å². The fraction of sp³-hybridized carbons (Fsp3) is 0.692. The van der Waals surface area contributed by atoms with Gasteiger partial charge in [0.05, 0.1) is 0 Å². The molecule has 0 aliphatic heterocycles. The van der Waals surface area contributed by atoms with Crippen molar-refractivity contribution in [2.45, 2.75) is 44.9 Å². The van der Waals surface area contributed by atoms with Crippen molar-refractivity contribution in [2.24, 2.45) is 11.8 Å². The van der Waals surface area contributed by atoms with Crippen LogP contribution in [0.5, 0.6) is 0 Å².